The van der Waals surface area contributed by atoms with Gasteiger partial charge < -0.3 is 10.5 Å². The molecule has 0 fully saturated rings. The van der Waals surface area contributed by atoms with Gasteiger partial charge in [-0.2, -0.15) is 0 Å². The first kappa shape index (κ1) is 11.8. The predicted molar refractivity (Wildman–Crippen MR) is 65.2 cm³/mol. The molecule has 0 aliphatic heterocycles. The van der Waals surface area contributed by atoms with E-state index in [1.807, 2.05) is 30.5 Å². The molecule has 0 unspecified atom stereocenters. The fraction of sp³-hybridized carbons (Fsp3) is 0.333. The number of nitrogens with zero attached hydrogens (tertiary/aromatic N) is 3. The van der Waals surface area contributed by atoms with E-state index in [0.717, 1.165) is 16.8 Å². The molecule has 5 nitrogen and oxygen atoms in total. The maximum absolute atomic E-state index is 5.48. The Bertz CT molecular complexity index is 481. The molecule has 0 amide bonds. The Morgan fingerprint density at radius 3 is 2.94 bits per heavy atom. The standard InChI is InChI=1S/C12H16N4O/c1-17-9-10-4-2-3-5-11(10)12-8-16(7-6-13)15-14-12/h2-5,8H,6-7,9,13H2,1H3. The molecule has 0 bridgehead atoms. The van der Waals surface area contributed by atoms with Crippen LogP contribution >= 0.6 is 0 Å². The summed E-state index contributed by atoms with van der Waals surface area (Å²) in [5, 5.41) is 8.18. The van der Waals surface area contributed by atoms with E-state index >= 15 is 0 Å². The summed E-state index contributed by atoms with van der Waals surface area (Å²) in [6.07, 6.45) is 1.90. The van der Waals surface area contributed by atoms with Crippen molar-refractivity contribution in [3.05, 3.63) is 36.0 Å². The summed E-state index contributed by atoms with van der Waals surface area (Å²) in [4.78, 5) is 0. The molecule has 0 radical (unpaired) electrons. The molecule has 5 heteroatoms. The van der Waals surface area contributed by atoms with Crippen LogP contribution in [-0.2, 0) is 17.9 Å². The van der Waals surface area contributed by atoms with Crippen molar-refractivity contribution in [2.45, 2.75) is 13.2 Å². The van der Waals surface area contributed by atoms with Crippen molar-refractivity contribution in [2.24, 2.45) is 5.73 Å². The van der Waals surface area contributed by atoms with Crippen molar-refractivity contribution in [2.75, 3.05) is 13.7 Å². The highest BCUT2D eigenvalue weighted by Crippen LogP contribution is 2.21. The number of hydrogen-bond donors (Lipinski definition) is 1. The molecular formula is C12H16N4O. The lowest BCUT2D eigenvalue weighted by atomic mass is 10.1. The van der Waals surface area contributed by atoms with Crippen LogP contribution in [0.25, 0.3) is 11.3 Å². The molecule has 90 valence electrons. The zero-order valence-electron chi connectivity index (χ0n) is 9.84. The number of benzene rings is 1. The van der Waals surface area contributed by atoms with Crippen LogP contribution in [0, 0.1) is 0 Å². The van der Waals surface area contributed by atoms with Crippen LogP contribution in [0.1, 0.15) is 5.56 Å². The Morgan fingerprint density at radius 2 is 2.18 bits per heavy atom. The molecule has 2 N–H and O–H groups in total. The first-order valence-corrected chi connectivity index (χ1v) is 5.52. The minimum Gasteiger partial charge on any atom is -0.380 e. The first-order valence-electron chi connectivity index (χ1n) is 5.52. The lowest BCUT2D eigenvalue weighted by Gasteiger charge is -2.05. The number of ether oxygens (including phenoxy) is 1. The summed E-state index contributed by atoms with van der Waals surface area (Å²) in [6, 6.07) is 8.02. The van der Waals surface area contributed by atoms with Gasteiger partial charge in [0.25, 0.3) is 0 Å². The van der Waals surface area contributed by atoms with Crippen molar-refractivity contribution >= 4 is 0 Å². The first-order chi connectivity index (χ1) is 8.35. The number of rotatable bonds is 5. The van der Waals surface area contributed by atoms with Crippen LogP contribution in [0.15, 0.2) is 30.5 Å². The van der Waals surface area contributed by atoms with Crippen LogP contribution in [0.4, 0.5) is 0 Å². The molecule has 2 rings (SSSR count). The van der Waals surface area contributed by atoms with Gasteiger partial charge in [-0.25, -0.2) is 0 Å². The van der Waals surface area contributed by atoms with E-state index in [0.29, 0.717) is 19.7 Å². The molecule has 0 aliphatic rings. The van der Waals surface area contributed by atoms with Gasteiger partial charge in [-0.1, -0.05) is 29.5 Å². The van der Waals surface area contributed by atoms with Crippen molar-refractivity contribution in [1.29, 1.82) is 0 Å². The average molecular weight is 232 g/mol. The smallest absolute Gasteiger partial charge is 0.113 e. The van der Waals surface area contributed by atoms with E-state index in [9.17, 15) is 0 Å². The lowest BCUT2D eigenvalue weighted by molar-refractivity contribution is 0.185. The maximum atomic E-state index is 5.48. The van der Waals surface area contributed by atoms with E-state index in [4.69, 9.17) is 10.5 Å². The topological polar surface area (TPSA) is 66.0 Å². The normalized spacial score (nSPS) is 10.7. The number of methoxy groups -OCH3 is 1. The summed E-state index contributed by atoms with van der Waals surface area (Å²) in [7, 11) is 1.68. The highest BCUT2D eigenvalue weighted by molar-refractivity contribution is 5.62. The molecule has 17 heavy (non-hydrogen) atoms. The Kier molecular flexibility index (Phi) is 3.85. The largest absolute Gasteiger partial charge is 0.380 e. The van der Waals surface area contributed by atoms with Gasteiger partial charge in [-0.15, -0.1) is 5.10 Å². The molecule has 0 spiro atoms. The molecule has 0 aliphatic carbocycles. The van der Waals surface area contributed by atoms with E-state index in [-0.39, 0.29) is 0 Å². The number of aromatic nitrogens is 3. The third-order valence-corrected chi connectivity index (χ3v) is 2.49. The predicted octanol–water partition coefficient (Wildman–Crippen LogP) is 1.05. The fourth-order valence-corrected chi connectivity index (χ4v) is 1.71. The zero-order valence-corrected chi connectivity index (χ0v) is 9.84. The lowest BCUT2D eigenvalue weighted by Crippen LogP contribution is -2.10. The Morgan fingerprint density at radius 1 is 1.35 bits per heavy atom. The van der Waals surface area contributed by atoms with Gasteiger partial charge in [-0.3, -0.25) is 4.68 Å². The van der Waals surface area contributed by atoms with Crippen molar-refractivity contribution in [3.63, 3.8) is 0 Å². The second-order valence-corrected chi connectivity index (χ2v) is 3.75. The van der Waals surface area contributed by atoms with Crippen LogP contribution in [0.2, 0.25) is 0 Å². The van der Waals surface area contributed by atoms with Crippen LogP contribution in [0.3, 0.4) is 0 Å². The van der Waals surface area contributed by atoms with Crippen molar-refractivity contribution in [1.82, 2.24) is 15.0 Å². The van der Waals surface area contributed by atoms with E-state index in [1.165, 1.54) is 0 Å². The molecular weight excluding hydrogens is 216 g/mol. The highest BCUT2D eigenvalue weighted by atomic mass is 16.5. The second kappa shape index (κ2) is 5.56. The van der Waals surface area contributed by atoms with Gasteiger partial charge in [0.2, 0.25) is 0 Å². The van der Waals surface area contributed by atoms with E-state index in [1.54, 1.807) is 11.8 Å². The molecule has 0 atom stereocenters. The second-order valence-electron chi connectivity index (χ2n) is 3.75. The van der Waals surface area contributed by atoms with Crippen LogP contribution in [-0.4, -0.2) is 28.6 Å². The Labute approximate surface area is 100 Å². The molecule has 1 heterocycles. The zero-order chi connectivity index (χ0) is 12.1. The minimum atomic E-state index is 0.558. The summed E-state index contributed by atoms with van der Waals surface area (Å²) in [5.74, 6) is 0. The third kappa shape index (κ3) is 2.69. The van der Waals surface area contributed by atoms with Crippen molar-refractivity contribution in [3.8, 4) is 11.3 Å². The third-order valence-electron chi connectivity index (χ3n) is 2.49. The van der Waals surface area contributed by atoms with Gasteiger partial charge in [-0.05, 0) is 5.56 Å². The number of hydrogen-bond acceptors (Lipinski definition) is 4. The highest BCUT2D eigenvalue weighted by Gasteiger charge is 2.08. The summed E-state index contributed by atoms with van der Waals surface area (Å²) in [6.45, 7) is 1.81. The Balaban J connectivity index is 2.31. The minimum absolute atomic E-state index is 0.558. The summed E-state index contributed by atoms with van der Waals surface area (Å²) < 4.78 is 6.92. The van der Waals surface area contributed by atoms with Gasteiger partial charge in [0.1, 0.15) is 5.69 Å². The van der Waals surface area contributed by atoms with Gasteiger partial charge in [0, 0.05) is 19.2 Å². The quantitative estimate of drug-likeness (QED) is 0.836. The Hall–Kier alpha value is -1.72. The van der Waals surface area contributed by atoms with E-state index < -0.39 is 0 Å². The molecule has 0 saturated heterocycles. The maximum Gasteiger partial charge on any atom is 0.113 e. The fourth-order valence-electron chi connectivity index (χ4n) is 1.71. The van der Waals surface area contributed by atoms with Gasteiger partial charge in [0.05, 0.1) is 19.3 Å². The van der Waals surface area contributed by atoms with Gasteiger partial charge >= 0.3 is 0 Å². The van der Waals surface area contributed by atoms with E-state index in [2.05, 4.69) is 10.3 Å². The van der Waals surface area contributed by atoms with Crippen molar-refractivity contribution < 1.29 is 4.74 Å². The summed E-state index contributed by atoms with van der Waals surface area (Å²) >= 11 is 0. The van der Waals surface area contributed by atoms with Crippen LogP contribution in [0.5, 0.6) is 0 Å². The average Bonchev–Trinajstić information content (AvgIpc) is 2.79. The monoisotopic (exact) mass is 232 g/mol. The molecule has 1 aromatic carbocycles. The molecule has 0 saturated carbocycles. The van der Waals surface area contributed by atoms with Gasteiger partial charge in [0.15, 0.2) is 0 Å². The molecule has 2 aromatic rings. The van der Waals surface area contributed by atoms with Crippen LogP contribution < -0.4 is 5.73 Å². The molecule has 1 aromatic heterocycles. The number of nitrogens with two attached hydrogens (primary N) is 1. The summed E-state index contributed by atoms with van der Waals surface area (Å²) in [5.41, 5.74) is 8.49. The SMILES string of the molecule is COCc1ccccc1-c1cn(CCN)nn1.